The van der Waals surface area contributed by atoms with Crippen molar-refractivity contribution in [2.45, 2.75) is 19.4 Å². The van der Waals surface area contributed by atoms with Crippen LogP contribution in [0.3, 0.4) is 0 Å². The summed E-state index contributed by atoms with van der Waals surface area (Å²) >= 11 is 5.20. The highest BCUT2D eigenvalue weighted by Gasteiger charge is 2.21. The van der Waals surface area contributed by atoms with Crippen molar-refractivity contribution in [3.05, 3.63) is 29.8 Å². The number of hydrogen-bond donors (Lipinski definition) is 2. The van der Waals surface area contributed by atoms with E-state index in [9.17, 15) is 0 Å². The zero-order valence-electron chi connectivity index (χ0n) is 9.32. The fourth-order valence-electron chi connectivity index (χ4n) is 1.86. The summed E-state index contributed by atoms with van der Waals surface area (Å²) in [6, 6.07) is 8.36. The van der Waals surface area contributed by atoms with Gasteiger partial charge in [-0.1, -0.05) is 18.2 Å². The average Bonchev–Trinajstić information content (AvgIpc) is 2.30. The fraction of sp³-hybridized carbons (Fsp3) is 0.417. The van der Waals surface area contributed by atoms with Crippen LogP contribution in [0.5, 0.6) is 5.75 Å². The largest absolute Gasteiger partial charge is 0.493 e. The maximum Gasteiger partial charge on any atom is 0.166 e. The Labute approximate surface area is 101 Å². The zero-order valence-corrected chi connectivity index (χ0v) is 10.1. The Morgan fingerprint density at radius 1 is 1.50 bits per heavy atom. The Kier molecular flexibility index (Phi) is 3.62. The molecule has 0 spiro atoms. The van der Waals surface area contributed by atoms with Gasteiger partial charge in [-0.05, 0) is 25.2 Å². The minimum Gasteiger partial charge on any atom is -0.493 e. The minimum atomic E-state index is 0.261. The van der Waals surface area contributed by atoms with E-state index in [-0.39, 0.29) is 6.04 Å². The highest BCUT2D eigenvalue weighted by atomic mass is 32.1. The van der Waals surface area contributed by atoms with Gasteiger partial charge >= 0.3 is 0 Å². The van der Waals surface area contributed by atoms with Crippen LogP contribution in [-0.4, -0.2) is 18.3 Å². The number of fused-ring (bicyclic) bond motifs is 1. The lowest BCUT2D eigenvalue weighted by atomic mass is 10.0. The third-order valence-corrected chi connectivity index (χ3v) is 2.86. The van der Waals surface area contributed by atoms with Gasteiger partial charge in [0.2, 0.25) is 0 Å². The summed E-state index contributed by atoms with van der Waals surface area (Å²) in [5.41, 5.74) is 1.19. The molecule has 3 nitrogen and oxygen atoms in total. The smallest absolute Gasteiger partial charge is 0.166 e. The molecule has 0 saturated carbocycles. The normalized spacial score (nSPS) is 18.2. The summed E-state index contributed by atoms with van der Waals surface area (Å²) in [4.78, 5) is 0. The summed E-state index contributed by atoms with van der Waals surface area (Å²) < 4.78 is 5.59. The highest BCUT2D eigenvalue weighted by molar-refractivity contribution is 7.80. The van der Waals surface area contributed by atoms with E-state index >= 15 is 0 Å². The lowest BCUT2D eigenvalue weighted by molar-refractivity contribution is 0.262. The molecule has 2 rings (SSSR count). The van der Waals surface area contributed by atoms with E-state index in [0.29, 0.717) is 5.11 Å². The number of ether oxygens (including phenoxy) is 1. The van der Waals surface area contributed by atoms with Gasteiger partial charge in [-0.3, -0.25) is 0 Å². The summed E-state index contributed by atoms with van der Waals surface area (Å²) in [5.74, 6) is 0.963. The second-order valence-electron chi connectivity index (χ2n) is 3.73. The zero-order chi connectivity index (χ0) is 11.4. The topological polar surface area (TPSA) is 33.3 Å². The molecule has 0 aromatic heterocycles. The first-order valence-electron chi connectivity index (χ1n) is 5.57. The molecule has 86 valence electrons. The van der Waals surface area contributed by atoms with Crippen LogP contribution in [0.1, 0.15) is 24.9 Å². The molecule has 0 bridgehead atoms. The van der Waals surface area contributed by atoms with E-state index < -0.39 is 0 Å². The lowest BCUT2D eigenvalue weighted by Crippen LogP contribution is -2.39. The molecule has 1 unspecified atom stereocenters. The molecular weight excluding hydrogens is 220 g/mol. The van der Waals surface area contributed by atoms with Gasteiger partial charge in [0.15, 0.2) is 5.11 Å². The molecule has 1 atom stereocenters. The van der Waals surface area contributed by atoms with Crippen LogP contribution in [0.25, 0.3) is 0 Å². The molecule has 0 radical (unpaired) electrons. The van der Waals surface area contributed by atoms with Crippen LogP contribution in [0, 0.1) is 0 Å². The van der Waals surface area contributed by atoms with Gasteiger partial charge in [0.25, 0.3) is 0 Å². The second-order valence-corrected chi connectivity index (χ2v) is 4.14. The van der Waals surface area contributed by atoms with E-state index in [1.807, 2.05) is 25.1 Å². The van der Waals surface area contributed by atoms with Crippen molar-refractivity contribution in [3.63, 3.8) is 0 Å². The standard InChI is InChI=1S/C12H16N2OS/c1-2-13-12(16)14-10-7-8-15-11-6-4-3-5-9(10)11/h3-6,10H,2,7-8H2,1H3,(H2,13,14,16). The van der Waals surface area contributed by atoms with Crippen LogP contribution >= 0.6 is 12.2 Å². The lowest BCUT2D eigenvalue weighted by Gasteiger charge is -2.27. The minimum absolute atomic E-state index is 0.261. The quantitative estimate of drug-likeness (QED) is 0.769. The number of hydrogen-bond acceptors (Lipinski definition) is 2. The Balaban J connectivity index is 2.10. The fourth-order valence-corrected chi connectivity index (χ4v) is 2.15. The van der Waals surface area contributed by atoms with Gasteiger partial charge < -0.3 is 15.4 Å². The molecular formula is C12H16N2OS. The van der Waals surface area contributed by atoms with Gasteiger partial charge in [0.05, 0.1) is 12.6 Å². The van der Waals surface area contributed by atoms with Crippen LogP contribution < -0.4 is 15.4 Å². The van der Waals surface area contributed by atoms with E-state index in [2.05, 4.69) is 16.7 Å². The number of thiocarbonyl (C=S) groups is 1. The van der Waals surface area contributed by atoms with Crippen LogP contribution in [0.2, 0.25) is 0 Å². The van der Waals surface area contributed by atoms with Crippen molar-refractivity contribution >= 4 is 17.3 Å². The Morgan fingerprint density at radius 2 is 2.31 bits per heavy atom. The molecule has 4 heteroatoms. The molecule has 0 amide bonds. The number of rotatable bonds is 2. The van der Waals surface area contributed by atoms with Crippen molar-refractivity contribution < 1.29 is 4.74 Å². The van der Waals surface area contributed by atoms with Crippen molar-refractivity contribution in [1.82, 2.24) is 10.6 Å². The van der Waals surface area contributed by atoms with Crippen LogP contribution in [0.15, 0.2) is 24.3 Å². The highest BCUT2D eigenvalue weighted by Crippen LogP contribution is 2.31. The predicted octanol–water partition coefficient (Wildman–Crippen LogP) is 1.99. The van der Waals surface area contributed by atoms with E-state index in [0.717, 1.165) is 25.3 Å². The molecule has 1 heterocycles. The third kappa shape index (κ3) is 2.44. The van der Waals surface area contributed by atoms with Gasteiger partial charge in [0.1, 0.15) is 5.75 Å². The first-order valence-corrected chi connectivity index (χ1v) is 5.98. The Bertz CT molecular complexity index is 381. The number of benzene rings is 1. The molecule has 16 heavy (non-hydrogen) atoms. The number of nitrogens with one attached hydrogen (secondary N) is 2. The Hall–Kier alpha value is -1.29. The third-order valence-electron chi connectivity index (χ3n) is 2.60. The molecule has 0 aliphatic carbocycles. The molecule has 2 N–H and O–H groups in total. The first-order chi connectivity index (χ1) is 7.81. The molecule has 0 saturated heterocycles. The van der Waals surface area contributed by atoms with Gasteiger partial charge in [-0.15, -0.1) is 0 Å². The average molecular weight is 236 g/mol. The summed E-state index contributed by atoms with van der Waals surface area (Å²) in [7, 11) is 0. The van der Waals surface area contributed by atoms with E-state index in [4.69, 9.17) is 17.0 Å². The molecule has 1 aromatic rings. The van der Waals surface area contributed by atoms with Crippen LogP contribution in [0.4, 0.5) is 0 Å². The van der Waals surface area contributed by atoms with Crippen LogP contribution in [-0.2, 0) is 0 Å². The van der Waals surface area contributed by atoms with Gasteiger partial charge in [-0.25, -0.2) is 0 Å². The summed E-state index contributed by atoms with van der Waals surface area (Å²) in [6.07, 6.45) is 0.947. The summed E-state index contributed by atoms with van der Waals surface area (Å²) in [6.45, 7) is 3.62. The first kappa shape index (κ1) is 11.2. The Morgan fingerprint density at radius 3 is 3.12 bits per heavy atom. The molecule has 0 fully saturated rings. The monoisotopic (exact) mass is 236 g/mol. The van der Waals surface area contributed by atoms with Gasteiger partial charge in [-0.2, -0.15) is 0 Å². The van der Waals surface area contributed by atoms with Gasteiger partial charge in [0, 0.05) is 18.5 Å². The second kappa shape index (κ2) is 5.16. The van der Waals surface area contributed by atoms with E-state index in [1.165, 1.54) is 5.56 Å². The maximum atomic E-state index is 5.59. The molecule has 1 aliphatic rings. The summed E-state index contributed by atoms with van der Waals surface area (Å²) in [5, 5.41) is 7.13. The van der Waals surface area contributed by atoms with E-state index in [1.54, 1.807) is 0 Å². The predicted molar refractivity (Wildman–Crippen MR) is 68.7 cm³/mol. The van der Waals surface area contributed by atoms with Crippen molar-refractivity contribution in [3.8, 4) is 5.75 Å². The van der Waals surface area contributed by atoms with Crippen molar-refractivity contribution in [2.24, 2.45) is 0 Å². The number of para-hydroxylation sites is 1. The molecule has 1 aromatic carbocycles. The maximum absolute atomic E-state index is 5.59. The van der Waals surface area contributed by atoms with Crippen molar-refractivity contribution in [1.29, 1.82) is 0 Å². The molecule has 1 aliphatic heterocycles. The SMILES string of the molecule is CCNC(=S)NC1CCOc2ccccc21. The van der Waals surface area contributed by atoms with Crippen molar-refractivity contribution in [2.75, 3.05) is 13.2 Å².